The minimum Gasteiger partial charge on any atom is -0.385 e. The SMILES string of the molecule is CN(C)C([SiH3])=C(c1ccccc1)c1ccccc1. The summed E-state index contributed by atoms with van der Waals surface area (Å²) in [6, 6.07) is 21.3. The number of hydrogen-bond donors (Lipinski definition) is 0. The van der Waals surface area contributed by atoms with Crippen LogP contribution < -0.4 is 0 Å². The molecule has 2 heteroatoms. The van der Waals surface area contributed by atoms with Gasteiger partial charge in [0.05, 0.1) is 10.2 Å². The molecule has 0 spiro atoms. The second-order valence-corrected chi connectivity index (χ2v) is 5.53. The molecule has 0 bridgehead atoms. The summed E-state index contributed by atoms with van der Waals surface area (Å²) in [6.07, 6.45) is 0. The van der Waals surface area contributed by atoms with Crippen LogP contribution in [0.1, 0.15) is 11.1 Å². The molecule has 0 aliphatic carbocycles. The summed E-state index contributed by atoms with van der Waals surface area (Å²) in [6.45, 7) is 0. The molecular formula is C16H19NSi. The van der Waals surface area contributed by atoms with E-state index in [-0.39, 0.29) is 0 Å². The van der Waals surface area contributed by atoms with Crippen molar-refractivity contribution in [3.63, 3.8) is 0 Å². The molecule has 0 fully saturated rings. The molecule has 0 radical (unpaired) electrons. The van der Waals surface area contributed by atoms with Gasteiger partial charge in [-0.3, -0.25) is 0 Å². The van der Waals surface area contributed by atoms with Gasteiger partial charge in [-0.05, 0) is 16.4 Å². The first-order valence-corrected chi connectivity index (χ1v) is 7.19. The molecule has 0 aliphatic heterocycles. The summed E-state index contributed by atoms with van der Waals surface area (Å²) in [5, 5.41) is 1.41. The highest BCUT2D eigenvalue weighted by atomic mass is 28.1. The van der Waals surface area contributed by atoms with E-state index in [9.17, 15) is 0 Å². The maximum Gasteiger partial charge on any atom is 0.0598 e. The molecule has 2 rings (SSSR count). The number of hydrogen-bond acceptors (Lipinski definition) is 1. The average Bonchev–Trinajstić information content (AvgIpc) is 2.41. The average molecular weight is 253 g/mol. The summed E-state index contributed by atoms with van der Waals surface area (Å²) in [7, 11) is 5.27. The van der Waals surface area contributed by atoms with Gasteiger partial charge in [0.25, 0.3) is 0 Å². The molecule has 0 aliphatic rings. The Morgan fingerprint density at radius 3 is 1.50 bits per heavy atom. The summed E-state index contributed by atoms with van der Waals surface area (Å²) < 4.78 is 0. The normalized spacial score (nSPS) is 10.1. The van der Waals surface area contributed by atoms with Crippen LogP contribution in [0.4, 0.5) is 0 Å². The zero-order chi connectivity index (χ0) is 13.0. The van der Waals surface area contributed by atoms with Crippen LogP contribution >= 0.6 is 0 Å². The van der Waals surface area contributed by atoms with E-state index in [2.05, 4.69) is 79.7 Å². The Labute approximate surface area is 112 Å². The van der Waals surface area contributed by atoms with Crippen LogP contribution in [0.3, 0.4) is 0 Å². The van der Waals surface area contributed by atoms with Crippen molar-refractivity contribution in [3.05, 3.63) is 77.1 Å². The van der Waals surface area contributed by atoms with Gasteiger partial charge < -0.3 is 4.90 Å². The molecule has 2 aromatic rings. The van der Waals surface area contributed by atoms with Gasteiger partial charge in [0, 0.05) is 19.7 Å². The number of nitrogens with zero attached hydrogens (tertiary/aromatic N) is 1. The Hall–Kier alpha value is -1.80. The van der Waals surface area contributed by atoms with E-state index >= 15 is 0 Å². The van der Waals surface area contributed by atoms with Crippen molar-refractivity contribution in [1.82, 2.24) is 4.90 Å². The molecule has 18 heavy (non-hydrogen) atoms. The largest absolute Gasteiger partial charge is 0.385 e. The van der Waals surface area contributed by atoms with Crippen molar-refractivity contribution >= 4 is 15.8 Å². The lowest BCUT2D eigenvalue weighted by molar-refractivity contribution is 0.549. The molecule has 0 saturated carbocycles. The Kier molecular flexibility index (Phi) is 4.00. The van der Waals surface area contributed by atoms with Crippen LogP contribution in [-0.4, -0.2) is 29.2 Å². The zero-order valence-electron chi connectivity index (χ0n) is 11.2. The Morgan fingerprint density at radius 2 is 1.17 bits per heavy atom. The van der Waals surface area contributed by atoms with Crippen LogP contribution in [0.15, 0.2) is 66.0 Å². The predicted octanol–water partition coefficient (Wildman–Crippen LogP) is 2.33. The molecule has 2 aromatic carbocycles. The first-order valence-electron chi connectivity index (χ1n) is 6.19. The monoisotopic (exact) mass is 253 g/mol. The Morgan fingerprint density at radius 1 is 0.778 bits per heavy atom. The van der Waals surface area contributed by atoms with E-state index in [1.165, 1.54) is 22.0 Å². The van der Waals surface area contributed by atoms with E-state index in [4.69, 9.17) is 0 Å². The highest BCUT2D eigenvalue weighted by Gasteiger charge is 2.09. The summed E-state index contributed by atoms with van der Waals surface area (Å²) in [4.78, 5) is 2.22. The fraction of sp³-hybridized carbons (Fsp3) is 0.125. The third-order valence-electron chi connectivity index (χ3n) is 3.16. The fourth-order valence-corrected chi connectivity index (χ4v) is 2.60. The molecule has 0 aromatic heterocycles. The Balaban J connectivity index is 2.60. The maximum atomic E-state index is 2.22. The van der Waals surface area contributed by atoms with E-state index in [0.29, 0.717) is 0 Å². The predicted molar refractivity (Wildman–Crippen MR) is 82.5 cm³/mol. The molecule has 0 heterocycles. The van der Waals surface area contributed by atoms with Crippen molar-refractivity contribution in [2.75, 3.05) is 14.1 Å². The molecule has 0 unspecified atom stereocenters. The van der Waals surface area contributed by atoms with Crippen LogP contribution in [0.5, 0.6) is 0 Å². The van der Waals surface area contributed by atoms with Crippen LogP contribution in [0, 0.1) is 0 Å². The molecule has 0 saturated heterocycles. The minimum absolute atomic E-state index is 1.03. The van der Waals surface area contributed by atoms with E-state index in [0.717, 1.165) is 10.2 Å². The van der Waals surface area contributed by atoms with Crippen molar-refractivity contribution < 1.29 is 0 Å². The molecule has 0 atom stereocenters. The van der Waals surface area contributed by atoms with Gasteiger partial charge in [0.2, 0.25) is 0 Å². The van der Waals surface area contributed by atoms with Gasteiger partial charge in [-0.15, -0.1) is 0 Å². The first-order chi connectivity index (χ1) is 8.70. The van der Waals surface area contributed by atoms with Crippen molar-refractivity contribution in [2.45, 2.75) is 0 Å². The molecule has 92 valence electrons. The van der Waals surface area contributed by atoms with Crippen molar-refractivity contribution in [1.29, 1.82) is 0 Å². The van der Waals surface area contributed by atoms with Crippen LogP contribution in [-0.2, 0) is 0 Å². The summed E-state index contributed by atoms with van der Waals surface area (Å²) >= 11 is 0. The fourth-order valence-electron chi connectivity index (χ4n) is 2.02. The smallest absolute Gasteiger partial charge is 0.0598 e. The van der Waals surface area contributed by atoms with Gasteiger partial charge in [0.1, 0.15) is 0 Å². The lowest BCUT2D eigenvalue weighted by atomic mass is 9.99. The molecule has 0 N–H and O–H groups in total. The topological polar surface area (TPSA) is 3.24 Å². The quantitative estimate of drug-likeness (QED) is 0.759. The zero-order valence-corrected chi connectivity index (χ0v) is 13.2. The second kappa shape index (κ2) is 5.69. The molecule has 1 nitrogen and oxygen atoms in total. The summed E-state index contributed by atoms with van der Waals surface area (Å²) in [5.74, 6) is 0. The van der Waals surface area contributed by atoms with Crippen LogP contribution in [0.2, 0.25) is 0 Å². The summed E-state index contributed by atoms with van der Waals surface area (Å²) in [5.41, 5.74) is 3.94. The van der Waals surface area contributed by atoms with Gasteiger partial charge in [-0.25, -0.2) is 0 Å². The van der Waals surface area contributed by atoms with Gasteiger partial charge in [0.15, 0.2) is 0 Å². The van der Waals surface area contributed by atoms with Gasteiger partial charge >= 0.3 is 0 Å². The van der Waals surface area contributed by atoms with E-state index in [1.807, 2.05) is 0 Å². The number of rotatable bonds is 3. The third kappa shape index (κ3) is 2.71. The minimum atomic E-state index is 1.03. The first kappa shape index (κ1) is 12.6. The van der Waals surface area contributed by atoms with Crippen molar-refractivity contribution in [3.8, 4) is 0 Å². The highest BCUT2D eigenvalue weighted by Crippen LogP contribution is 2.26. The lowest BCUT2D eigenvalue weighted by Crippen LogP contribution is -2.13. The standard InChI is InChI=1S/C16H19NSi/c1-17(2)16(18)15(13-9-5-3-6-10-13)14-11-7-4-8-12-14/h3-12H,1-2,18H3. The van der Waals surface area contributed by atoms with Crippen LogP contribution in [0.25, 0.3) is 5.57 Å². The van der Waals surface area contributed by atoms with Gasteiger partial charge in [-0.1, -0.05) is 60.7 Å². The highest BCUT2D eigenvalue weighted by molar-refractivity contribution is 6.26. The van der Waals surface area contributed by atoms with Gasteiger partial charge in [-0.2, -0.15) is 0 Å². The third-order valence-corrected chi connectivity index (χ3v) is 4.55. The van der Waals surface area contributed by atoms with E-state index in [1.54, 1.807) is 0 Å². The number of benzene rings is 2. The second-order valence-electron chi connectivity index (χ2n) is 4.59. The lowest BCUT2D eigenvalue weighted by Gasteiger charge is -2.20. The molecular weight excluding hydrogens is 234 g/mol. The molecule has 0 amide bonds. The van der Waals surface area contributed by atoms with Crippen molar-refractivity contribution in [2.24, 2.45) is 0 Å². The maximum absolute atomic E-state index is 2.22. The van der Waals surface area contributed by atoms with E-state index < -0.39 is 0 Å². The Bertz CT molecular complexity index is 488.